The van der Waals surface area contributed by atoms with Crippen LogP contribution >= 0.6 is 0 Å². The van der Waals surface area contributed by atoms with E-state index in [4.69, 9.17) is 4.98 Å². The molecule has 0 spiro atoms. The Kier molecular flexibility index (Phi) is 4.85. The molecule has 0 saturated heterocycles. The predicted molar refractivity (Wildman–Crippen MR) is 163 cm³/mol. The molecule has 8 rings (SSSR count). The quantitative estimate of drug-likeness (QED) is 0.238. The number of rotatable bonds is 3. The van der Waals surface area contributed by atoms with Crippen LogP contribution in [0, 0.1) is 11.3 Å². The molecule has 0 radical (unpaired) electrons. The van der Waals surface area contributed by atoms with Crippen LogP contribution in [0.1, 0.15) is 5.56 Å². The number of nitrogens with zero attached hydrogens (tertiary/aromatic N) is 4. The smallest absolute Gasteiger partial charge is 0.137 e. The highest BCUT2D eigenvalue weighted by Gasteiger charge is 2.17. The first-order valence-electron chi connectivity index (χ1n) is 13.3. The normalized spacial score (nSPS) is 11.5. The Hall–Kier alpha value is -5.66. The van der Waals surface area contributed by atoms with E-state index in [1.807, 2.05) is 24.4 Å². The zero-order chi connectivity index (χ0) is 26.6. The van der Waals surface area contributed by atoms with Gasteiger partial charge in [0.25, 0.3) is 0 Å². The van der Waals surface area contributed by atoms with Crippen LogP contribution in [0.5, 0.6) is 0 Å². The molecule has 0 atom stereocenters. The molecule has 0 fully saturated rings. The zero-order valence-corrected chi connectivity index (χ0v) is 21.5. The summed E-state index contributed by atoms with van der Waals surface area (Å²) in [6.45, 7) is 0. The maximum Gasteiger partial charge on any atom is 0.137 e. The van der Waals surface area contributed by atoms with E-state index in [0.717, 1.165) is 44.7 Å². The van der Waals surface area contributed by atoms with Crippen LogP contribution in [-0.2, 0) is 0 Å². The van der Waals surface area contributed by atoms with Gasteiger partial charge in [0.15, 0.2) is 0 Å². The van der Waals surface area contributed by atoms with Crippen molar-refractivity contribution in [1.82, 2.24) is 14.1 Å². The Morgan fingerprint density at radius 2 is 1.02 bits per heavy atom. The van der Waals surface area contributed by atoms with Gasteiger partial charge in [-0.2, -0.15) is 5.26 Å². The first kappa shape index (κ1) is 22.3. The molecule has 8 aromatic rings. The Balaban J connectivity index is 1.35. The fraction of sp³-hybridized carbons (Fsp3) is 0. The van der Waals surface area contributed by atoms with Gasteiger partial charge in [0.1, 0.15) is 5.82 Å². The van der Waals surface area contributed by atoms with Crippen molar-refractivity contribution in [1.29, 1.82) is 5.26 Å². The molecule has 4 heteroatoms. The number of para-hydroxylation sites is 4. The Bertz CT molecular complexity index is 2170. The third-order valence-corrected chi connectivity index (χ3v) is 7.81. The molecule has 3 aromatic heterocycles. The fourth-order valence-electron chi connectivity index (χ4n) is 6.06. The molecule has 4 nitrogen and oxygen atoms in total. The first-order chi connectivity index (χ1) is 19.8. The van der Waals surface area contributed by atoms with Gasteiger partial charge in [-0.25, -0.2) is 4.98 Å². The Labute approximate surface area is 230 Å². The summed E-state index contributed by atoms with van der Waals surface area (Å²) in [7, 11) is 0. The van der Waals surface area contributed by atoms with Gasteiger partial charge in [-0.15, -0.1) is 0 Å². The average molecular weight is 511 g/mol. The van der Waals surface area contributed by atoms with Gasteiger partial charge in [0, 0.05) is 38.9 Å². The second-order valence-corrected chi connectivity index (χ2v) is 9.99. The summed E-state index contributed by atoms with van der Waals surface area (Å²) in [6, 6.07) is 46.3. The van der Waals surface area contributed by atoms with Gasteiger partial charge >= 0.3 is 0 Å². The minimum absolute atomic E-state index is 0.617. The SMILES string of the molecule is N#Cc1ccc(-n2c3ccccc3c3ccccc32)c(-c2ccc(-n3c4ccccc4c4ccccc43)nc2)c1. The van der Waals surface area contributed by atoms with E-state index in [-0.39, 0.29) is 0 Å². The molecule has 0 aliphatic heterocycles. The number of aromatic nitrogens is 3. The van der Waals surface area contributed by atoms with E-state index < -0.39 is 0 Å². The van der Waals surface area contributed by atoms with E-state index in [1.54, 1.807) is 0 Å². The Morgan fingerprint density at radius 3 is 1.50 bits per heavy atom. The van der Waals surface area contributed by atoms with E-state index in [9.17, 15) is 5.26 Å². The average Bonchev–Trinajstić information content (AvgIpc) is 3.54. The van der Waals surface area contributed by atoms with Crippen molar-refractivity contribution < 1.29 is 0 Å². The van der Waals surface area contributed by atoms with Crippen LogP contribution in [0.3, 0.4) is 0 Å². The molecule has 0 unspecified atom stereocenters. The molecular weight excluding hydrogens is 488 g/mol. The zero-order valence-electron chi connectivity index (χ0n) is 21.5. The number of fused-ring (bicyclic) bond motifs is 6. The summed E-state index contributed by atoms with van der Waals surface area (Å²) in [4.78, 5) is 4.97. The van der Waals surface area contributed by atoms with Crippen LogP contribution in [-0.4, -0.2) is 14.1 Å². The van der Waals surface area contributed by atoms with Crippen molar-refractivity contribution >= 4 is 43.6 Å². The topological polar surface area (TPSA) is 46.5 Å². The lowest BCUT2D eigenvalue weighted by atomic mass is 10.0. The standard InChI is InChI=1S/C36H22N4/c37-22-24-17-19-35(39-31-13-5-1-9-26(31)27-10-2-6-14-32(27)39)30(21-24)25-18-20-36(38-23-25)40-33-15-7-3-11-28(33)29-12-4-8-16-34(29)40/h1-21,23H. The molecule has 5 aromatic carbocycles. The Morgan fingerprint density at radius 1 is 0.525 bits per heavy atom. The van der Waals surface area contributed by atoms with Crippen molar-refractivity contribution in [3.05, 3.63) is 139 Å². The van der Waals surface area contributed by atoms with Gasteiger partial charge in [-0.1, -0.05) is 72.8 Å². The molecule has 0 aliphatic rings. The van der Waals surface area contributed by atoms with Crippen molar-refractivity contribution in [2.75, 3.05) is 0 Å². The molecule has 0 bridgehead atoms. The van der Waals surface area contributed by atoms with E-state index in [1.165, 1.54) is 21.5 Å². The van der Waals surface area contributed by atoms with Gasteiger partial charge in [0.2, 0.25) is 0 Å². The number of pyridine rings is 1. The van der Waals surface area contributed by atoms with Crippen LogP contribution < -0.4 is 0 Å². The summed E-state index contributed by atoms with van der Waals surface area (Å²) < 4.78 is 4.51. The number of benzene rings is 5. The minimum Gasteiger partial charge on any atom is -0.309 e. The third kappa shape index (κ3) is 3.22. The molecule has 0 aliphatic carbocycles. The fourth-order valence-corrected chi connectivity index (χ4v) is 6.06. The molecule has 0 saturated carbocycles. The van der Waals surface area contributed by atoms with Crippen LogP contribution in [0.2, 0.25) is 0 Å². The summed E-state index contributed by atoms with van der Waals surface area (Å²) in [5.41, 5.74) is 8.07. The lowest BCUT2D eigenvalue weighted by Gasteiger charge is -2.15. The van der Waals surface area contributed by atoms with Gasteiger partial charge in [-0.3, -0.25) is 4.57 Å². The molecule has 40 heavy (non-hydrogen) atoms. The maximum absolute atomic E-state index is 9.77. The summed E-state index contributed by atoms with van der Waals surface area (Å²) in [5.74, 6) is 0.857. The monoisotopic (exact) mass is 510 g/mol. The summed E-state index contributed by atoms with van der Waals surface area (Å²) in [6.07, 6.45) is 1.92. The lowest BCUT2D eigenvalue weighted by Crippen LogP contribution is -2.00. The molecule has 186 valence electrons. The molecular formula is C36H22N4. The minimum atomic E-state index is 0.617. The van der Waals surface area contributed by atoms with Crippen molar-refractivity contribution in [3.63, 3.8) is 0 Å². The summed E-state index contributed by atoms with van der Waals surface area (Å²) in [5, 5.41) is 14.6. The predicted octanol–water partition coefficient (Wildman–Crippen LogP) is 8.81. The van der Waals surface area contributed by atoms with E-state index in [2.05, 4.69) is 124 Å². The lowest BCUT2D eigenvalue weighted by molar-refractivity contribution is 1.08. The second kappa shape index (κ2) is 8.69. The second-order valence-electron chi connectivity index (χ2n) is 9.99. The summed E-state index contributed by atoms with van der Waals surface area (Å²) >= 11 is 0. The van der Waals surface area contributed by atoms with E-state index in [0.29, 0.717) is 5.56 Å². The van der Waals surface area contributed by atoms with Crippen LogP contribution in [0.25, 0.3) is 66.2 Å². The molecule has 0 N–H and O–H groups in total. The van der Waals surface area contributed by atoms with Crippen molar-refractivity contribution in [2.45, 2.75) is 0 Å². The number of hydrogen-bond donors (Lipinski definition) is 0. The number of hydrogen-bond acceptors (Lipinski definition) is 2. The first-order valence-corrected chi connectivity index (χ1v) is 13.3. The van der Waals surface area contributed by atoms with Crippen LogP contribution in [0.15, 0.2) is 134 Å². The van der Waals surface area contributed by atoms with Gasteiger partial charge in [0.05, 0.1) is 39.4 Å². The highest BCUT2D eigenvalue weighted by atomic mass is 15.1. The maximum atomic E-state index is 9.77. The highest BCUT2D eigenvalue weighted by molar-refractivity contribution is 6.10. The van der Waals surface area contributed by atoms with E-state index >= 15 is 0 Å². The largest absolute Gasteiger partial charge is 0.309 e. The van der Waals surface area contributed by atoms with Crippen molar-refractivity contribution in [3.8, 4) is 28.7 Å². The van der Waals surface area contributed by atoms with Gasteiger partial charge in [-0.05, 0) is 54.6 Å². The van der Waals surface area contributed by atoms with Crippen LogP contribution in [0.4, 0.5) is 0 Å². The highest BCUT2D eigenvalue weighted by Crippen LogP contribution is 2.37. The number of nitriles is 1. The van der Waals surface area contributed by atoms with Crippen molar-refractivity contribution in [2.24, 2.45) is 0 Å². The molecule has 3 heterocycles. The third-order valence-electron chi connectivity index (χ3n) is 7.81. The molecule has 0 amide bonds. The van der Waals surface area contributed by atoms with Gasteiger partial charge < -0.3 is 4.57 Å².